The summed E-state index contributed by atoms with van der Waals surface area (Å²) in [7, 11) is 0. The second-order valence-corrected chi connectivity index (χ2v) is 5.51. The average Bonchev–Trinajstić information content (AvgIpc) is 2.88. The monoisotopic (exact) mass is 300 g/mol. The highest BCUT2D eigenvalue weighted by atomic mass is 16.2. The summed E-state index contributed by atoms with van der Waals surface area (Å²) >= 11 is 0. The largest absolute Gasteiger partial charge is 0.345 e. The number of amides is 2. The van der Waals surface area contributed by atoms with E-state index in [-0.39, 0.29) is 11.8 Å². The number of aromatic nitrogens is 2. The van der Waals surface area contributed by atoms with Gasteiger partial charge in [0.25, 0.3) is 5.91 Å². The molecule has 0 radical (unpaired) electrons. The summed E-state index contributed by atoms with van der Waals surface area (Å²) in [6.07, 6.45) is 2.97. The zero-order valence-corrected chi connectivity index (χ0v) is 12.7. The van der Waals surface area contributed by atoms with Crippen molar-refractivity contribution < 1.29 is 9.59 Å². The number of carbonyl (C=O) groups is 2. The maximum absolute atomic E-state index is 12.7. The summed E-state index contributed by atoms with van der Waals surface area (Å²) in [5, 5.41) is 0. The molecule has 1 aliphatic heterocycles. The van der Waals surface area contributed by atoms with Crippen LogP contribution in [0.1, 0.15) is 30.1 Å². The number of fused-ring (bicyclic) bond motifs is 1. The van der Waals surface area contributed by atoms with E-state index in [9.17, 15) is 9.59 Å². The second kappa shape index (κ2) is 6.17. The molecule has 2 heterocycles. The summed E-state index contributed by atoms with van der Waals surface area (Å²) in [6, 6.07) is 5.50. The van der Waals surface area contributed by atoms with Crippen LogP contribution in [-0.4, -0.2) is 57.8 Å². The minimum Gasteiger partial charge on any atom is -0.345 e. The summed E-state index contributed by atoms with van der Waals surface area (Å²) in [5.74, 6) is 0.176. The number of rotatable bonds is 2. The fourth-order valence-electron chi connectivity index (χ4n) is 2.84. The molecular formula is C16H20N4O2. The van der Waals surface area contributed by atoms with Gasteiger partial charge in [0, 0.05) is 38.2 Å². The first kappa shape index (κ1) is 14.6. The Balaban J connectivity index is 1.73. The number of carbonyl (C=O) groups excluding carboxylic acids is 2. The Labute approximate surface area is 129 Å². The Hall–Kier alpha value is -2.37. The fraction of sp³-hybridized carbons (Fsp3) is 0.438. The fourth-order valence-corrected chi connectivity index (χ4v) is 2.84. The van der Waals surface area contributed by atoms with Gasteiger partial charge in [0.05, 0.1) is 17.4 Å². The SMILES string of the molecule is CCC(=O)N1CCCN(C(=O)c2ccc3nc[nH]c3c2)CC1. The molecule has 0 saturated carbocycles. The molecule has 6 nitrogen and oxygen atoms in total. The average molecular weight is 300 g/mol. The van der Waals surface area contributed by atoms with Gasteiger partial charge in [-0.15, -0.1) is 0 Å². The molecule has 0 bridgehead atoms. The summed E-state index contributed by atoms with van der Waals surface area (Å²) < 4.78 is 0. The molecule has 3 rings (SSSR count). The first-order chi connectivity index (χ1) is 10.7. The quantitative estimate of drug-likeness (QED) is 0.917. The number of H-pyrrole nitrogens is 1. The first-order valence-electron chi connectivity index (χ1n) is 7.69. The van der Waals surface area contributed by atoms with Crippen molar-refractivity contribution in [2.24, 2.45) is 0 Å². The lowest BCUT2D eigenvalue weighted by Crippen LogP contribution is -2.37. The number of hydrogen-bond acceptors (Lipinski definition) is 3. The summed E-state index contributed by atoms with van der Waals surface area (Å²) in [6.45, 7) is 4.50. The molecular weight excluding hydrogens is 280 g/mol. The number of benzene rings is 1. The van der Waals surface area contributed by atoms with Crippen LogP contribution in [0.3, 0.4) is 0 Å². The van der Waals surface area contributed by atoms with Crippen molar-refractivity contribution in [1.29, 1.82) is 0 Å². The van der Waals surface area contributed by atoms with Gasteiger partial charge in [-0.3, -0.25) is 9.59 Å². The van der Waals surface area contributed by atoms with Gasteiger partial charge in [-0.25, -0.2) is 4.98 Å². The molecule has 6 heteroatoms. The van der Waals surface area contributed by atoms with Gasteiger partial charge in [0.2, 0.25) is 5.91 Å². The number of imidazole rings is 1. The van der Waals surface area contributed by atoms with Crippen LogP contribution in [0.5, 0.6) is 0 Å². The minimum atomic E-state index is 0.0160. The smallest absolute Gasteiger partial charge is 0.253 e. The van der Waals surface area contributed by atoms with E-state index in [0.29, 0.717) is 31.6 Å². The number of aromatic amines is 1. The molecule has 0 aliphatic carbocycles. The molecule has 1 fully saturated rings. The highest BCUT2D eigenvalue weighted by molar-refractivity contribution is 5.97. The lowest BCUT2D eigenvalue weighted by molar-refractivity contribution is -0.130. The summed E-state index contributed by atoms with van der Waals surface area (Å²) in [4.78, 5) is 35.3. The molecule has 0 spiro atoms. The Kier molecular flexibility index (Phi) is 4.09. The van der Waals surface area contributed by atoms with E-state index in [4.69, 9.17) is 0 Å². The van der Waals surface area contributed by atoms with Crippen molar-refractivity contribution in [1.82, 2.24) is 19.8 Å². The molecule has 1 saturated heterocycles. The Morgan fingerprint density at radius 2 is 1.95 bits per heavy atom. The third-order valence-electron chi connectivity index (χ3n) is 4.11. The normalized spacial score (nSPS) is 15.9. The molecule has 22 heavy (non-hydrogen) atoms. The van der Waals surface area contributed by atoms with Crippen LogP contribution in [0, 0.1) is 0 Å². The van der Waals surface area contributed by atoms with Crippen molar-refractivity contribution in [2.45, 2.75) is 19.8 Å². The van der Waals surface area contributed by atoms with Crippen LogP contribution in [0.25, 0.3) is 11.0 Å². The van der Waals surface area contributed by atoms with E-state index in [1.54, 1.807) is 6.33 Å². The third kappa shape index (κ3) is 2.81. The standard InChI is InChI=1S/C16H20N4O2/c1-2-15(21)19-6-3-7-20(9-8-19)16(22)12-4-5-13-14(10-12)18-11-17-13/h4-5,10-11H,2-3,6-9H2,1H3,(H,17,18). The van der Waals surface area contributed by atoms with Crippen molar-refractivity contribution in [3.05, 3.63) is 30.1 Å². The van der Waals surface area contributed by atoms with Crippen molar-refractivity contribution in [3.63, 3.8) is 0 Å². The lowest BCUT2D eigenvalue weighted by atomic mass is 10.1. The first-order valence-corrected chi connectivity index (χ1v) is 7.69. The Bertz CT molecular complexity index is 694. The maximum atomic E-state index is 12.7. The van der Waals surface area contributed by atoms with Gasteiger partial charge in [-0.2, -0.15) is 0 Å². The van der Waals surface area contributed by atoms with Gasteiger partial charge in [0.1, 0.15) is 0 Å². The molecule has 2 aromatic rings. The molecule has 1 N–H and O–H groups in total. The van der Waals surface area contributed by atoms with E-state index < -0.39 is 0 Å². The topological polar surface area (TPSA) is 69.3 Å². The Morgan fingerprint density at radius 1 is 1.18 bits per heavy atom. The van der Waals surface area contributed by atoms with Crippen molar-refractivity contribution in [3.8, 4) is 0 Å². The van der Waals surface area contributed by atoms with E-state index in [2.05, 4.69) is 9.97 Å². The molecule has 1 aromatic carbocycles. The van der Waals surface area contributed by atoms with Crippen molar-refractivity contribution in [2.75, 3.05) is 26.2 Å². The second-order valence-electron chi connectivity index (χ2n) is 5.51. The predicted octanol–water partition coefficient (Wildman–Crippen LogP) is 1.65. The van der Waals surface area contributed by atoms with Crippen LogP contribution in [-0.2, 0) is 4.79 Å². The highest BCUT2D eigenvalue weighted by Gasteiger charge is 2.22. The van der Waals surface area contributed by atoms with Gasteiger partial charge >= 0.3 is 0 Å². The number of nitrogens with zero attached hydrogens (tertiary/aromatic N) is 3. The van der Waals surface area contributed by atoms with Gasteiger partial charge < -0.3 is 14.8 Å². The van der Waals surface area contributed by atoms with Gasteiger partial charge in [-0.1, -0.05) is 6.92 Å². The molecule has 0 unspecified atom stereocenters. The maximum Gasteiger partial charge on any atom is 0.253 e. The minimum absolute atomic E-state index is 0.0160. The molecule has 2 amide bonds. The van der Waals surface area contributed by atoms with E-state index >= 15 is 0 Å². The van der Waals surface area contributed by atoms with Crippen molar-refractivity contribution >= 4 is 22.8 Å². The van der Waals surface area contributed by atoms with Crippen LogP contribution in [0.15, 0.2) is 24.5 Å². The van der Waals surface area contributed by atoms with E-state index in [0.717, 1.165) is 24.0 Å². The zero-order chi connectivity index (χ0) is 15.5. The van der Waals surface area contributed by atoms with Gasteiger partial charge in [0.15, 0.2) is 0 Å². The van der Waals surface area contributed by atoms with E-state index in [1.807, 2.05) is 34.9 Å². The van der Waals surface area contributed by atoms with E-state index in [1.165, 1.54) is 0 Å². The number of hydrogen-bond donors (Lipinski definition) is 1. The lowest BCUT2D eigenvalue weighted by Gasteiger charge is -2.22. The van der Waals surface area contributed by atoms with Gasteiger partial charge in [-0.05, 0) is 24.6 Å². The van der Waals surface area contributed by atoms with Crippen LogP contribution in [0.4, 0.5) is 0 Å². The highest BCUT2D eigenvalue weighted by Crippen LogP contribution is 2.15. The van der Waals surface area contributed by atoms with Crippen LogP contribution < -0.4 is 0 Å². The zero-order valence-electron chi connectivity index (χ0n) is 12.7. The van der Waals surface area contributed by atoms with Crippen LogP contribution >= 0.6 is 0 Å². The molecule has 0 atom stereocenters. The molecule has 1 aliphatic rings. The summed E-state index contributed by atoms with van der Waals surface area (Å²) in [5.41, 5.74) is 2.38. The predicted molar refractivity (Wildman–Crippen MR) is 83.5 cm³/mol. The molecule has 1 aromatic heterocycles. The van der Waals surface area contributed by atoms with Crippen LogP contribution in [0.2, 0.25) is 0 Å². The Morgan fingerprint density at radius 3 is 2.77 bits per heavy atom. The number of nitrogens with one attached hydrogen (secondary N) is 1. The molecule has 116 valence electrons. The third-order valence-corrected chi connectivity index (χ3v) is 4.11.